The Bertz CT molecular complexity index is 1780. The highest BCUT2D eigenvalue weighted by atomic mass is 32.1. The fourth-order valence-corrected chi connectivity index (χ4v) is 5.20. The van der Waals surface area contributed by atoms with E-state index < -0.39 is 11.9 Å². The lowest BCUT2D eigenvalue weighted by Crippen LogP contribution is -2.10. The molecule has 4 aromatic carbocycles. The van der Waals surface area contributed by atoms with Gasteiger partial charge in [0.15, 0.2) is 0 Å². The van der Waals surface area contributed by atoms with Crippen molar-refractivity contribution in [3.05, 3.63) is 115 Å². The van der Waals surface area contributed by atoms with Gasteiger partial charge in [-0.2, -0.15) is 5.10 Å². The number of hydrogen-bond donors (Lipinski definition) is 1. The predicted molar refractivity (Wildman–Crippen MR) is 181 cm³/mol. The summed E-state index contributed by atoms with van der Waals surface area (Å²) < 4.78 is 23.2. The van der Waals surface area contributed by atoms with Gasteiger partial charge in [-0.05, 0) is 91.6 Å². The van der Waals surface area contributed by atoms with Gasteiger partial charge < -0.3 is 18.9 Å². The molecule has 1 heterocycles. The number of rotatable bonds is 15. The van der Waals surface area contributed by atoms with E-state index in [0.29, 0.717) is 60.4 Å². The maximum Gasteiger partial charge on any atom is 0.343 e. The van der Waals surface area contributed by atoms with E-state index in [1.165, 1.54) is 11.3 Å². The molecular weight excluding hydrogens is 602 g/mol. The molecule has 46 heavy (non-hydrogen) atoms. The van der Waals surface area contributed by atoms with Gasteiger partial charge in [-0.1, -0.05) is 48.2 Å². The minimum absolute atomic E-state index is 0.310. The molecule has 0 radical (unpaired) electrons. The lowest BCUT2D eigenvalue weighted by Gasteiger charge is -2.11. The highest BCUT2D eigenvalue weighted by Gasteiger charge is 2.13. The van der Waals surface area contributed by atoms with Gasteiger partial charge in [-0.25, -0.2) is 14.6 Å². The highest BCUT2D eigenvalue weighted by Crippen LogP contribution is 2.29. The van der Waals surface area contributed by atoms with Gasteiger partial charge in [0.25, 0.3) is 0 Å². The Balaban J connectivity index is 1.27. The fourth-order valence-electron chi connectivity index (χ4n) is 4.38. The molecule has 0 saturated heterocycles. The number of carbonyl (C=O) groups excluding carboxylic acids is 2. The molecule has 0 unspecified atom stereocenters. The van der Waals surface area contributed by atoms with Crippen LogP contribution >= 0.6 is 11.3 Å². The summed E-state index contributed by atoms with van der Waals surface area (Å²) in [5.74, 6) is 0.812. The van der Waals surface area contributed by atoms with Gasteiger partial charge in [0, 0.05) is 11.6 Å². The van der Waals surface area contributed by atoms with Crippen LogP contribution in [-0.4, -0.2) is 43.0 Å². The second-order valence-electron chi connectivity index (χ2n) is 9.91. The summed E-state index contributed by atoms with van der Waals surface area (Å²) in [5.41, 5.74) is 6.76. The molecule has 1 N–H and O–H groups in total. The Morgan fingerprint density at radius 1 is 0.891 bits per heavy atom. The van der Waals surface area contributed by atoms with Crippen LogP contribution in [0.15, 0.2) is 109 Å². The molecule has 0 aliphatic heterocycles. The Labute approximate surface area is 271 Å². The minimum Gasteiger partial charge on any atom is -0.494 e. The van der Waals surface area contributed by atoms with Crippen molar-refractivity contribution in [2.45, 2.75) is 19.8 Å². The topological polar surface area (TPSA) is 108 Å². The van der Waals surface area contributed by atoms with Crippen molar-refractivity contribution in [3.8, 4) is 28.4 Å². The summed E-state index contributed by atoms with van der Waals surface area (Å²) in [7, 11) is 0. The van der Waals surface area contributed by atoms with Gasteiger partial charge in [-0.15, -0.1) is 0 Å². The zero-order chi connectivity index (χ0) is 32.1. The van der Waals surface area contributed by atoms with Crippen molar-refractivity contribution < 1.29 is 28.5 Å². The van der Waals surface area contributed by atoms with Gasteiger partial charge in [0.2, 0.25) is 5.13 Å². The molecule has 9 nitrogen and oxygen atoms in total. The van der Waals surface area contributed by atoms with Gasteiger partial charge in [0.1, 0.15) is 17.2 Å². The maximum atomic E-state index is 13.1. The van der Waals surface area contributed by atoms with Crippen LogP contribution in [0.2, 0.25) is 0 Å². The molecule has 0 spiro atoms. The second kappa shape index (κ2) is 16.0. The molecule has 234 valence electrons. The van der Waals surface area contributed by atoms with Crippen LogP contribution in [0.4, 0.5) is 5.13 Å². The Morgan fingerprint density at radius 3 is 2.37 bits per heavy atom. The first-order chi connectivity index (χ1) is 22.5. The Kier molecular flexibility index (Phi) is 11.1. The Morgan fingerprint density at radius 2 is 1.61 bits per heavy atom. The zero-order valence-corrected chi connectivity index (χ0v) is 26.1. The summed E-state index contributed by atoms with van der Waals surface area (Å²) in [4.78, 5) is 28.8. The number of thiazole rings is 1. The van der Waals surface area contributed by atoms with E-state index >= 15 is 0 Å². The van der Waals surface area contributed by atoms with Crippen molar-refractivity contribution in [1.29, 1.82) is 0 Å². The van der Waals surface area contributed by atoms with E-state index in [4.69, 9.17) is 18.9 Å². The number of nitrogens with zero attached hydrogens (tertiary/aromatic N) is 2. The highest BCUT2D eigenvalue weighted by molar-refractivity contribution is 7.22. The lowest BCUT2D eigenvalue weighted by molar-refractivity contribution is -0.137. The minimum atomic E-state index is -0.516. The van der Waals surface area contributed by atoms with Crippen molar-refractivity contribution in [3.63, 3.8) is 0 Å². The number of nitrogens with one attached hydrogen (secondary N) is 1. The average molecular weight is 636 g/mol. The smallest absolute Gasteiger partial charge is 0.343 e. The fraction of sp³-hybridized carbons (Fsp3) is 0.167. The first-order valence-corrected chi connectivity index (χ1v) is 15.6. The summed E-state index contributed by atoms with van der Waals surface area (Å²) in [6.45, 7) is 6.66. The largest absolute Gasteiger partial charge is 0.494 e. The summed E-state index contributed by atoms with van der Waals surface area (Å²) in [6.07, 6.45) is 4.13. The number of hydrogen-bond acceptors (Lipinski definition) is 10. The summed E-state index contributed by atoms with van der Waals surface area (Å²) in [6, 6.07) is 28.0. The lowest BCUT2D eigenvalue weighted by atomic mass is 10.0. The third-order valence-electron chi connectivity index (χ3n) is 6.68. The number of aromatic nitrogens is 1. The van der Waals surface area contributed by atoms with Crippen LogP contribution in [0.5, 0.6) is 17.2 Å². The van der Waals surface area contributed by atoms with Crippen molar-refractivity contribution in [1.82, 2.24) is 4.98 Å². The molecule has 0 fully saturated rings. The molecular formula is C36H33N3O6S. The van der Waals surface area contributed by atoms with Gasteiger partial charge in [-0.3, -0.25) is 5.43 Å². The zero-order valence-electron chi connectivity index (χ0n) is 25.3. The van der Waals surface area contributed by atoms with Crippen molar-refractivity contribution in [2.24, 2.45) is 5.10 Å². The molecule has 5 aromatic rings. The van der Waals surface area contributed by atoms with Crippen LogP contribution in [0.25, 0.3) is 21.3 Å². The number of anilines is 1. The summed E-state index contributed by atoms with van der Waals surface area (Å²) >= 11 is 1.50. The maximum absolute atomic E-state index is 13.1. The molecule has 5 rings (SSSR count). The number of esters is 2. The van der Waals surface area contributed by atoms with E-state index in [2.05, 4.69) is 22.1 Å². The quantitative estimate of drug-likeness (QED) is 0.0309. The molecule has 10 heteroatoms. The van der Waals surface area contributed by atoms with E-state index in [-0.39, 0.29) is 0 Å². The number of fused-ring (bicyclic) bond motifs is 1. The summed E-state index contributed by atoms with van der Waals surface area (Å²) in [5, 5.41) is 5.06. The molecule has 0 bridgehead atoms. The van der Waals surface area contributed by atoms with E-state index in [0.717, 1.165) is 33.2 Å². The molecule has 0 aliphatic rings. The molecule has 0 aliphatic carbocycles. The average Bonchev–Trinajstić information content (AvgIpc) is 3.50. The van der Waals surface area contributed by atoms with Crippen LogP contribution in [0, 0.1) is 0 Å². The number of para-hydroxylation sites is 1. The molecule has 1 aromatic heterocycles. The van der Waals surface area contributed by atoms with E-state index in [9.17, 15) is 9.59 Å². The van der Waals surface area contributed by atoms with Crippen LogP contribution in [0.3, 0.4) is 0 Å². The van der Waals surface area contributed by atoms with Crippen molar-refractivity contribution >= 4 is 44.8 Å². The number of benzene rings is 4. The first kappa shape index (κ1) is 31.9. The first-order valence-electron chi connectivity index (χ1n) is 14.8. The van der Waals surface area contributed by atoms with Crippen molar-refractivity contribution in [2.75, 3.05) is 25.2 Å². The molecule has 0 amide bonds. The monoisotopic (exact) mass is 635 g/mol. The number of carbonyl (C=O) groups is 2. The third kappa shape index (κ3) is 8.80. The van der Waals surface area contributed by atoms with Gasteiger partial charge >= 0.3 is 11.9 Å². The van der Waals surface area contributed by atoms with E-state index in [1.54, 1.807) is 36.5 Å². The Hall–Kier alpha value is -5.48. The van der Waals surface area contributed by atoms with Crippen LogP contribution in [-0.2, 0) is 9.53 Å². The van der Waals surface area contributed by atoms with E-state index in [1.807, 2.05) is 67.6 Å². The third-order valence-corrected chi connectivity index (χ3v) is 7.62. The SMILES string of the molecule is C=CC(=O)OCCCCOc1ccc(C(=O)Oc2ccc(-c3ccc(OCC)cc3)cc2/C=N/Nc2nc3ccccc3s2)cc1. The van der Waals surface area contributed by atoms with Crippen LogP contribution in [0.1, 0.15) is 35.7 Å². The number of unbranched alkanes of at least 4 members (excludes halogenated alkanes) is 1. The predicted octanol–water partition coefficient (Wildman–Crippen LogP) is 7.92. The second-order valence-corrected chi connectivity index (χ2v) is 10.9. The number of hydrazone groups is 1. The standard InChI is InChI=1S/C36H33N3O6S/c1-3-34(40)44-22-8-7-21-43-30-18-13-26(14-19-30)35(41)45-32-20-15-27(25-11-16-29(17-12-25)42-4-2)23-28(32)24-37-39-36-38-31-9-5-6-10-33(31)46-36/h3,5-6,9-20,23-24H,1,4,7-8,21-22H2,2H3,(H,38,39)/b37-24+. The van der Waals surface area contributed by atoms with Crippen LogP contribution < -0.4 is 19.6 Å². The molecule has 0 saturated carbocycles. The number of ether oxygens (including phenoxy) is 4. The molecule has 0 atom stereocenters. The van der Waals surface area contributed by atoms with Gasteiger partial charge in [0.05, 0.1) is 41.8 Å². The normalized spacial score (nSPS) is 10.9.